The fourth-order valence-electron chi connectivity index (χ4n) is 2.15. The number of hydrogen-bond acceptors (Lipinski definition) is 4. The first-order valence-corrected chi connectivity index (χ1v) is 6.26. The zero-order valence-electron chi connectivity index (χ0n) is 10.6. The Labute approximate surface area is 107 Å². The number of carbonyl (C=O) groups excluding carboxylic acids is 1. The van der Waals surface area contributed by atoms with E-state index < -0.39 is 6.10 Å². The second kappa shape index (κ2) is 5.82. The van der Waals surface area contributed by atoms with Gasteiger partial charge in [-0.05, 0) is 37.9 Å². The lowest BCUT2D eigenvalue weighted by Gasteiger charge is -2.21. The summed E-state index contributed by atoms with van der Waals surface area (Å²) in [7, 11) is 0. The van der Waals surface area contributed by atoms with Gasteiger partial charge >= 0.3 is 0 Å². The zero-order chi connectivity index (χ0) is 13.0. The lowest BCUT2D eigenvalue weighted by molar-refractivity contribution is -0.137. The Kier molecular flexibility index (Phi) is 4.15. The number of nitrogens with two attached hydrogens (primary N) is 1. The molecule has 5 nitrogen and oxygen atoms in total. The van der Waals surface area contributed by atoms with Crippen LogP contribution >= 0.6 is 0 Å². The van der Waals surface area contributed by atoms with Gasteiger partial charge in [-0.1, -0.05) is 0 Å². The zero-order valence-corrected chi connectivity index (χ0v) is 10.6. The molecular formula is C13H19N3O2. The Balaban J connectivity index is 1.89. The number of ether oxygens (including phenoxy) is 1. The number of amides is 1. The molecule has 1 aromatic heterocycles. The van der Waals surface area contributed by atoms with Crippen molar-refractivity contribution in [1.29, 1.82) is 0 Å². The van der Waals surface area contributed by atoms with Gasteiger partial charge in [-0.2, -0.15) is 0 Å². The van der Waals surface area contributed by atoms with Crippen LogP contribution in [0.3, 0.4) is 0 Å². The average Bonchev–Trinajstić information content (AvgIpc) is 2.87. The first-order valence-electron chi connectivity index (χ1n) is 6.26. The van der Waals surface area contributed by atoms with Crippen molar-refractivity contribution in [3.63, 3.8) is 0 Å². The minimum atomic E-state index is -0.481. The van der Waals surface area contributed by atoms with E-state index in [0.717, 1.165) is 19.5 Å². The highest BCUT2D eigenvalue weighted by Gasteiger charge is 2.29. The summed E-state index contributed by atoms with van der Waals surface area (Å²) in [5.74, 6) is 1.07. The van der Waals surface area contributed by atoms with E-state index in [0.29, 0.717) is 18.2 Å². The quantitative estimate of drug-likeness (QED) is 0.851. The predicted molar refractivity (Wildman–Crippen MR) is 68.1 cm³/mol. The molecule has 2 N–H and O–H groups in total. The Hall–Kier alpha value is -1.62. The first kappa shape index (κ1) is 12.8. The van der Waals surface area contributed by atoms with Crippen molar-refractivity contribution in [2.75, 3.05) is 19.6 Å². The highest BCUT2D eigenvalue weighted by Crippen LogP contribution is 2.17. The third-order valence-electron chi connectivity index (χ3n) is 3.23. The molecule has 1 aromatic rings. The Morgan fingerprint density at radius 2 is 2.56 bits per heavy atom. The molecule has 0 unspecified atom stereocenters. The summed E-state index contributed by atoms with van der Waals surface area (Å²) in [4.78, 5) is 17.9. The normalized spacial score (nSPS) is 20.8. The summed E-state index contributed by atoms with van der Waals surface area (Å²) in [6.07, 6.45) is 3.79. The Morgan fingerprint density at radius 3 is 3.17 bits per heavy atom. The molecule has 5 heteroatoms. The third kappa shape index (κ3) is 2.98. The maximum atomic E-state index is 12.2. The third-order valence-corrected chi connectivity index (χ3v) is 3.23. The molecule has 1 amide bonds. The first-order chi connectivity index (χ1) is 8.70. The van der Waals surface area contributed by atoms with Gasteiger partial charge in [-0.25, -0.2) is 0 Å². The van der Waals surface area contributed by atoms with Crippen molar-refractivity contribution in [3.8, 4) is 5.75 Å². The van der Waals surface area contributed by atoms with Gasteiger partial charge in [0.15, 0.2) is 6.10 Å². The van der Waals surface area contributed by atoms with Gasteiger partial charge < -0.3 is 15.4 Å². The minimum Gasteiger partial charge on any atom is -0.479 e. The Morgan fingerprint density at radius 1 is 1.72 bits per heavy atom. The molecule has 0 radical (unpaired) electrons. The molecule has 98 valence electrons. The van der Waals surface area contributed by atoms with Gasteiger partial charge in [0.05, 0.1) is 6.20 Å². The average molecular weight is 249 g/mol. The molecule has 0 aromatic carbocycles. The van der Waals surface area contributed by atoms with E-state index in [-0.39, 0.29) is 5.91 Å². The summed E-state index contributed by atoms with van der Waals surface area (Å²) in [5.41, 5.74) is 5.62. The molecule has 1 aliphatic rings. The number of pyridine rings is 1. The van der Waals surface area contributed by atoms with Crippen LogP contribution in [0.1, 0.15) is 13.3 Å². The number of hydrogen-bond donors (Lipinski definition) is 1. The van der Waals surface area contributed by atoms with Crippen LogP contribution < -0.4 is 10.5 Å². The van der Waals surface area contributed by atoms with Gasteiger partial charge in [0.25, 0.3) is 5.91 Å². The number of rotatable bonds is 4. The molecule has 2 atom stereocenters. The molecule has 0 saturated carbocycles. The highest BCUT2D eigenvalue weighted by atomic mass is 16.5. The fourth-order valence-corrected chi connectivity index (χ4v) is 2.15. The van der Waals surface area contributed by atoms with Crippen molar-refractivity contribution in [3.05, 3.63) is 24.5 Å². The SMILES string of the molecule is C[C@H](Oc1cccnc1)C(=O)N1CC[C@H](CN)C1. The summed E-state index contributed by atoms with van der Waals surface area (Å²) >= 11 is 0. The molecular weight excluding hydrogens is 230 g/mol. The maximum absolute atomic E-state index is 12.2. The van der Waals surface area contributed by atoms with Crippen molar-refractivity contribution in [2.24, 2.45) is 11.7 Å². The second-order valence-electron chi connectivity index (χ2n) is 4.62. The van der Waals surface area contributed by atoms with Crippen LogP contribution in [0.5, 0.6) is 5.75 Å². The number of aromatic nitrogens is 1. The van der Waals surface area contributed by atoms with E-state index in [4.69, 9.17) is 10.5 Å². The lowest BCUT2D eigenvalue weighted by Crippen LogP contribution is -2.39. The van der Waals surface area contributed by atoms with Crippen LogP contribution in [0.2, 0.25) is 0 Å². The van der Waals surface area contributed by atoms with E-state index in [1.54, 1.807) is 31.5 Å². The Bertz CT molecular complexity index is 396. The molecule has 2 heterocycles. The minimum absolute atomic E-state index is 0.0230. The fraction of sp³-hybridized carbons (Fsp3) is 0.538. The van der Waals surface area contributed by atoms with E-state index in [9.17, 15) is 4.79 Å². The van der Waals surface area contributed by atoms with Crippen LogP contribution in [-0.2, 0) is 4.79 Å². The van der Waals surface area contributed by atoms with Crippen LogP contribution in [0.15, 0.2) is 24.5 Å². The topological polar surface area (TPSA) is 68.5 Å². The lowest BCUT2D eigenvalue weighted by atomic mass is 10.1. The van der Waals surface area contributed by atoms with Gasteiger partial charge in [0.1, 0.15) is 5.75 Å². The molecule has 0 aliphatic carbocycles. The summed E-state index contributed by atoms with van der Waals surface area (Å²) in [6, 6.07) is 3.58. The van der Waals surface area contributed by atoms with Gasteiger partial charge in [-0.15, -0.1) is 0 Å². The van der Waals surface area contributed by atoms with Gasteiger partial charge in [0.2, 0.25) is 0 Å². The largest absolute Gasteiger partial charge is 0.479 e. The van der Waals surface area contributed by atoms with Crippen molar-refractivity contribution in [1.82, 2.24) is 9.88 Å². The van der Waals surface area contributed by atoms with Crippen molar-refractivity contribution >= 4 is 5.91 Å². The molecule has 1 aliphatic heterocycles. The molecule has 2 rings (SSSR count). The van der Waals surface area contributed by atoms with Crippen molar-refractivity contribution in [2.45, 2.75) is 19.4 Å². The van der Waals surface area contributed by atoms with Crippen LogP contribution in [0.25, 0.3) is 0 Å². The summed E-state index contributed by atoms with van der Waals surface area (Å²) < 4.78 is 5.57. The van der Waals surface area contributed by atoms with Crippen LogP contribution in [0, 0.1) is 5.92 Å². The molecule has 18 heavy (non-hydrogen) atoms. The molecule has 1 fully saturated rings. The van der Waals surface area contributed by atoms with Crippen LogP contribution in [-0.4, -0.2) is 41.5 Å². The predicted octanol–water partition coefficient (Wildman–Crippen LogP) is 0.656. The van der Waals surface area contributed by atoms with Crippen LogP contribution in [0.4, 0.5) is 0 Å². The van der Waals surface area contributed by atoms with E-state index in [1.165, 1.54) is 0 Å². The highest BCUT2D eigenvalue weighted by molar-refractivity contribution is 5.81. The van der Waals surface area contributed by atoms with Crippen molar-refractivity contribution < 1.29 is 9.53 Å². The standard InChI is InChI=1S/C13H19N3O2/c1-10(18-12-3-2-5-15-8-12)13(17)16-6-4-11(7-14)9-16/h2-3,5,8,10-11H,4,6-7,9,14H2,1H3/t10-,11+/m0/s1. The van der Waals surface area contributed by atoms with E-state index in [2.05, 4.69) is 4.98 Å². The number of likely N-dealkylation sites (tertiary alicyclic amines) is 1. The monoisotopic (exact) mass is 249 g/mol. The molecule has 0 spiro atoms. The molecule has 0 bridgehead atoms. The van der Waals surface area contributed by atoms with Gasteiger partial charge in [-0.3, -0.25) is 9.78 Å². The van der Waals surface area contributed by atoms with E-state index in [1.807, 2.05) is 4.90 Å². The maximum Gasteiger partial charge on any atom is 0.263 e. The smallest absolute Gasteiger partial charge is 0.263 e. The van der Waals surface area contributed by atoms with E-state index >= 15 is 0 Å². The second-order valence-corrected chi connectivity index (χ2v) is 4.62. The number of nitrogens with zero attached hydrogens (tertiary/aromatic N) is 2. The summed E-state index contributed by atoms with van der Waals surface area (Å²) in [6.45, 7) is 3.93. The summed E-state index contributed by atoms with van der Waals surface area (Å²) in [5, 5.41) is 0. The number of carbonyl (C=O) groups is 1. The molecule has 1 saturated heterocycles. The van der Waals surface area contributed by atoms with Gasteiger partial charge in [0, 0.05) is 19.3 Å².